The first kappa shape index (κ1) is 27.5. The van der Waals surface area contributed by atoms with E-state index < -0.39 is 0 Å². The van der Waals surface area contributed by atoms with E-state index in [1.54, 1.807) is 6.92 Å². The average molecular weight is 506 g/mol. The van der Waals surface area contributed by atoms with Crippen LogP contribution in [0.2, 0.25) is 0 Å². The largest absolute Gasteiger partial charge is 0.369 e. The van der Waals surface area contributed by atoms with E-state index in [1.807, 2.05) is 0 Å². The number of fused-ring (bicyclic) bond motifs is 2. The Bertz CT molecular complexity index is 1060. The third kappa shape index (κ3) is 5.51. The van der Waals surface area contributed by atoms with Gasteiger partial charge >= 0.3 is 0 Å². The molecule has 1 saturated heterocycles. The van der Waals surface area contributed by atoms with Crippen LogP contribution in [-0.2, 0) is 22.4 Å². The molecule has 3 unspecified atom stereocenters. The van der Waals surface area contributed by atoms with E-state index in [0.29, 0.717) is 24.1 Å². The first-order valence-corrected chi connectivity index (χ1v) is 14.0. The van der Waals surface area contributed by atoms with Crippen molar-refractivity contribution in [1.29, 1.82) is 0 Å². The van der Waals surface area contributed by atoms with Crippen molar-refractivity contribution in [3.63, 3.8) is 0 Å². The Hall–Kier alpha value is -2.56. The fourth-order valence-electron chi connectivity index (χ4n) is 6.98. The molecule has 202 valence electrons. The van der Waals surface area contributed by atoms with Crippen LogP contribution in [-0.4, -0.2) is 41.3 Å². The van der Waals surface area contributed by atoms with Gasteiger partial charge in [-0.05, 0) is 72.8 Å². The smallest absolute Gasteiger partial charge is 0.245 e. The summed E-state index contributed by atoms with van der Waals surface area (Å²) in [6.07, 6.45) is 3.01. The highest BCUT2D eigenvalue weighted by Gasteiger charge is 2.67. The zero-order chi connectivity index (χ0) is 27.3. The summed E-state index contributed by atoms with van der Waals surface area (Å²) in [5.41, 5.74) is 3.96. The molecule has 1 amide bonds. The molecule has 4 rings (SSSR count). The van der Waals surface area contributed by atoms with Gasteiger partial charge in [0.2, 0.25) is 5.91 Å². The third-order valence-corrected chi connectivity index (χ3v) is 9.33. The Labute approximate surface area is 224 Å². The van der Waals surface area contributed by atoms with E-state index in [0.717, 1.165) is 31.4 Å². The lowest BCUT2D eigenvalue weighted by molar-refractivity contribution is -0.136. The van der Waals surface area contributed by atoms with Crippen LogP contribution >= 0.6 is 0 Å². The number of nitrogens with zero attached hydrogens (tertiary/aromatic N) is 1. The molecule has 2 fully saturated rings. The van der Waals surface area contributed by atoms with Crippen LogP contribution in [0.15, 0.2) is 48.8 Å². The maximum Gasteiger partial charge on any atom is 0.245 e. The van der Waals surface area contributed by atoms with E-state index in [1.165, 1.54) is 11.1 Å². The summed E-state index contributed by atoms with van der Waals surface area (Å²) in [7, 11) is 0. The number of Topliss-reactive ketones (excluding diaryl/α,β-unsaturated/α-hetero) is 1. The second kappa shape index (κ2) is 9.96. The minimum absolute atomic E-state index is 0.0595. The summed E-state index contributed by atoms with van der Waals surface area (Å²) < 4.78 is 0. The summed E-state index contributed by atoms with van der Waals surface area (Å²) >= 11 is 0. The Balaban J connectivity index is 1.55. The molecule has 2 N–H and O–H groups in total. The summed E-state index contributed by atoms with van der Waals surface area (Å²) in [6, 6.07) is 8.33. The van der Waals surface area contributed by atoms with E-state index >= 15 is 0 Å². The zero-order valence-corrected chi connectivity index (χ0v) is 24.0. The number of nitrogens with one attached hydrogen (secondary N) is 2. The maximum atomic E-state index is 14.3. The van der Waals surface area contributed by atoms with E-state index in [2.05, 4.69) is 94.5 Å². The lowest BCUT2D eigenvalue weighted by atomic mass is 9.83. The number of hydrogen-bond donors (Lipinski definition) is 2. The monoisotopic (exact) mass is 505 g/mol. The molecule has 1 saturated carbocycles. The molecule has 0 radical (unpaired) electrons. The fraction of sp³-hybridized carbons (Fsp3) is 0.625. The average Bonchev–Trinajstić information content (AvgIpc) is 3.19. The van der Waals surface area contributed by atoms with Crippen LogP contribution in [0.1, 0.15) is 72.4 Å². The van der Waals surface area contributed by atoms with Gasteiger partial charge < -0.3 is 20.3 Å². The van der Waals surface area contributed by atoms with Gasteiger partial charge in [-0.15, -0.1) is 0 Å². The Kier molecular flexibility index (Phi) is 7.40. The van der Waals surface area contributed by atoms with Crippen LogP contribution in [0.5, 0.6) is 0 Å². The van der Waals surface area contributed by atoms with Crippen LogP contribution in [0.25, 0.3) is 0 Å². The number of carbonyl (C=O) groups is 2. The lowest BCUT2D eigenvalue weighted by Crippen LogP contribution is -2.55. The quantitative estimate of drug-likeness (QED) is 0.426. The summed E-state index contributed by atoms with van der Waals surface area (Å²) in [4.78, 5) is 28.1. The van der Waals surface area contributed by atoms with E-state index in [9.17, 15) is 9.59 Å². The summed E-state index contributed by atoms with van der Waals surface area (Å²) in [5, 5.41) is 7.11. The molecule has 0 bridgehead atoms. The van der Waals surface area contributed by atoms with Crippen molar-refractivity contribution in [3.8, 4) is 0 Å². The molecule has 5 atom stereocenters. The number of carbonyl (C=O) groups excluding carboxylic acids is 2. The molecule has 2 aliphatic carbocycles. The Morgan fingerprint density at radius 3 is 2.19 bits per heavy atom. The second-order valence-corrected chi connectivity index (χ2v) is 13.6. The van der Waals surface area contributed by atoms with Crippen LogP contribution < -0.4 is 10.6 Å². The molecule has 0 aromatic heterocycles. The SMILES string of the molecule is C=C(NC(C(=O)N1C[C@H]2[C@@H](C1C(=C)C)C2(C)C)C1Cc2ccccc2C1)NC(CCC(C)=O)C(C)(C)C. The molecule has 1 aliphatic heterocycles. The molecule has 3 aliphatic rings. The molecule has 37 heavy (non-hydrogen) atoms. The highest BCUT2D eigenvalue weighted by molar-refractivity contribution is 5.84. The normalized spacial score (nSPS) is 25.6. The lowest BCUT2D eigenvalue weighted by Gasteiger charge is -2.38. The number of piperidine rings is 1. The van der Waals surface area contributed by atoms with Gasteiger partial charge in [0, 0.05) is 19.0 Å². The van der Waals surface area contributed by atoms with Crippen molar-refractivity contribution in [1.82, 2.24) is 15.5 Å². The van der Waals surface area contributed by atoms with Crippen molar-refractivity contribution in [2.24, 2.45) is 28.6 Å². The predicted molar refractivity (Wildman–Crippen MR) is 151 cm³/mol. The predicted octanol–water partition coefficient (Wildman–Crippen LogP) is 5.26. The number of hydrogen-bond acceptors (Lipinski definition) is 4. The van der Waals surface area contributed by atoms with Gasteiger partial charge in [0.05, 0.1) is 11.9 Å². The topological polar surface area (TPSA) is 61.4 Å². The van der Waals surface area contributed by atoms with Gasteiger partial charge in [0.15, 0.2) is 0 Å². The molecule has 0 spiro atoms. The van der Waals surface area contributed by atoms with Crippen LogP contribution in [0.3, 0.4) is 0 Å². The van der Waals surface area contributed by atoms with Crippen molar-refractivity contribution in [2.75, 3.05) is 6.54 Å². The molecule has 5 heteroatoms. The van der Waals surface area contributed by atoms with Crippen molar-refractivity contribution < 1.29 is 9.59 Å². The highest BCUT2D eigenvalue weighted by Crippen LogP contribution is 2.66. The van der Waals surface area contributed by atoms with E-state index in [4.69, 9.17) is 0 Å². The maximum absolute atomic E-state index is 14.3. The van der Waals surface area contributed by atoms with Gasteiger partial charge in [0.1, 0.15) is 11.8 Å². The molecular weight excluding hydrogens is 458 g/mol. The van der Waals surface area contributed by atoms with Crippen LogP contribution in [0.4, 0.5) is 0 Å². The summed E-state index contributed by atoms with van der Waals surface area (Å²) in [5.74, 6) is 2.20. The van der Waals surface area contributed by atoms with Crippen molar-refractivity contribution in [3.05, 3.63) is 59.9 Å². The first-order valence-electron chi connectivity index (χ1n) is 14.0. The molecule has 1 aromatic rings. The number of benzene rings is 1. The highest BCUT2D eigenvalue weighted by atomic mass is 16.2. The van der Waals surface area contributed by atoms with Gasteiger partial charge in [-0.3, -0.25) is 4.79 Å². The standard InChI is InChI=1S/C32H47N3O2/c1-19(2)29-27-25(32(27,8)9)18-35(29)30(37)28(24-16-22-12-10-11-13-23(22)17-24)34-21(4)33-26(31(5,6)7)15-14-20(3)36/h10-13,24-29,33-34H,1,4,14-18H2,2-3,5-9H3/t25-,26?,27-,28?,29?/m0/s1. The number of rotatable bonds is 10. The Morgan fingerprint density at radius 2 is 1.68 bits per heavy atom. The minimum Gasteiger partial charge on any atom is -0.369 e. The van der Waals surface area contributed by atoms with Crippen LogP contribution in [0, 0.1) is 28.6 Å². The third-order valence-electron chi connectivity index (χ3n) is 9.33. The fourth-order valence-corrected chi connectivity index (χ4v) is 6.98. The van der Waals surface area contributed by atoms with Gasteiger partial charge in [-0.1, -0.05) is 77.6 Å². The summed E-state index contributed by atoms with van der Waals surface area (Å²) in [6.45, 7) is 24.3. The number of ketones is 1. The molecule has 1 heterocycles. The molecular formula is C32H47N3O2. The molecule has 5 nitrogen and oxygen atoms in total. The second-order valence-electron chi connectivity index (χ2n) is 13.6. The molecule has 1 aromatic carbocycles. The number of amides is 1. The van der Waals surface area contributed by atoms with Gasteiger partial charge in [-0.25, -0.2) is 0 Å². The minimum atomic E-state index is -0.372. The van der Waals surface area contributed by atoms with Gasteiger partial charge in [-0.2, -0.15) is 0 Å². The Morgan fingerprint density at radius 1 is 1.08 bits per heavy atom. The number of likely N-dealkylation sites (tertiary alicyclic amines) is 1. The van der Waals surface area contributed by atoms with Crippen molar-refractivity contribution >= 4 is 11.7 Å². The van der Waals surface area contributed by atoms with Gasteiger partial charge in [0.25, 0.3) is 0 Å². The zero-order valence-electron chi connectivity index (χ0n) is 24.0. The van der Waals surface area contributed by atoms with E-state index in [-0.39, 0.29) is 46.6 Å². The first-order chi connectivity index (χ1) is 17.2. The van der Waals surface area contributed by atoms with Crippen molar-refractivity contribution in [2.45, 2.75) is 92.3 Å².